The van der Waals surface area contributed by atoms with Gasteiger partial charge in [0.05, 0.1) is 18.0 Å². The van der Waals surface area contributed by atoms with E-state index in [2.05, 4.69) is 13.8 Å². The Kier molecular flexibility index (Phi) is 6.53. The molecule has 5 atom stereocenters. The Morgan fingerprint density at radius 1 is 0.800 bits per heavy atom. The summed E-state index contributed by atoms with van der Waals surface area (Å²) in [4.78, 5) is 0. The van der Waals surface area contributed by atoms with E-state index in [0.717, 1.165) is 36.1 Å². The molecule has 4 fully saturated rings. The summed E-state index contributed by atoms with van der Waals surface area (Å²) in [6.45, 7) is 6.32. The lowest BCUT2D eigenvalue weighted by atomic mass is 9.26. The summed E-state index contributed by atoms with van der Waals surface area (Å²) >= 11 is 0. The van der Waals surface area contributed by atoms with E-state index in [1.807, 2.05) is 0 Å². The van der Waals surface area contributed by atoms with Gasteiger partial charge < -0.3 is 0 Å². The van der Waals surface area contributed by atoms with E-state index >= 15 is 0 Å². The second kappa shape index (κ2) is 8.67. The van der Waals surface area contributed by atoms with Gasteiger partial charge in [0.2, 0.25) is 0 Å². The molecule has 3 aliphatic heterocycles. The van der Waals surface area contributed by atoms with Gasteiger partial charge in [-0.25, -0.2) is 0 Å². The molecular weight excluding hydrogens is 318 g/mol. The van der Waals surface area contributed by atoms with Crippen LogP contribution in [0.15, 0.2) is 0 Å². The average Bonchev–Trinajstić information content (AvgIpc) is 2.60. The highest BCUT2D eigenvalue weighted by Crippen LogP contribution is 2.58. The van der Waals surface area contributed by atoms with Crippen molar-refractivity contribution in [3.8, 4) is 0 Å². The molecule has 0 radical (unpaired) electrons. The Hall–Kier alpha value is 0.495. The predicted octanol–water partition coefficient (Wildman–Crippen LogP) is 7.43. The first-order chi connectivity index (χ1) is 12.2. The van der Waals surface area contributed by atoms with Crippen molar-refractivity contribution in [2.75, 3.05) is 12.3 Å². The van der Waals surface area contributed by atoms with Gasteiger partial charge in [0.15, 0.2) is 0 Å². The number of hydrogen-bond donors (Lipinski definition) is 0. The molecule has 3 saturated heterocycles. The molecule has 0 nitrogen and oxygen atoms in total. The van der Waals surface area contributed by atoms with Crippen LogP contribution >= 0.6 is 7.92 Å². The zero-order valence-electron chi connectivity index (χ0n) is 17.1. The minimum Gasteiger partial charge on any atom is -0.0737 e. The summed E-state index contributed by atoms with van der Waals surface area (Å²) in [5.41, 5.74) is 1.19. The summed E-state index contributed by atoms with van der Waals surface area (Å²) in [5.74, 6) is 5.52. The largest absolute Gasteiger partial charge is 0.146 e. The molecule has 0 spiro atoms. The molecule has 4 unspecified atom stereocenters. The van der Waals surface area contributed by atoms with Gasteiger partial charge in [-0.1, -0.05) is 83.2 Å². The quantitative estimate of drug-likeness (QED) is 0.262. The molecule has 0 aromatic rings. The maximum Gasteiger partial charge on any atom is 0.146 e. The molecule has 3 heterocycles. The van der Waals surface area contributed by atoms with Crippen LogP contribution in [0.2, 0.25) is 18.0 Å². The highest BCUT2D eigenvalue weighted by Gasteiger charge is 2.45. The summed E-state index contributed by atoms with van der Waals surface area (Å²) in [7, 11) is -0.0353. The molecule has 0 aromatic heterocycles. The van der Waals surface area contributed by atoms with Crippen LogP contribution in [0.3, 0.4) is 0 Å². The van der Waals surface area contributed by atoms with Crippen molar-refractivity contribution < 1.29 is 0 Å². The van der Waals surface area contributed by atoms with Crippen LogP contribution in [-0.4, -0.2) is 24.7 Å². The van der Waals surface area contributed by atoms with Crippen LogP contribution in [0.5, 0.6) is 0 Å². The second-order valence-electron chi connectivity index (χ2n) is 10.6. The van der Waals surface area contributed by atoms with Crippen molar-refractivity contribution >= 4 is 14.6 Å². The van der Waals surface area contributed by atoms with Crippen molar-refractivity contribution in [1.29, 1.82) is 0 Å². The Balaban J connectivity index is 1.18. The summed E-state index contributed by atoms with van der Waals surface area (Å²) in [6, 6.07) is 0. The van der Waals surface area contributed by atoms with Gasteiger partial charge in [-0.3, -0.25) is 0 Å². The van der Waals surface area contributed by atoms with Gasteiger partial charge in [-0.15, -0.1) is 0 Å². The van der Waals surface area contributed by atoms with Crippen molar-refractivity contribution in [2.24, 2.45) is 17.8 Å². The summed E-state index contributed by atoms with van der Waals surface area (Å²) in [5, 5.41) is 0. The standard InChI is InChI=1S/C23H42BP/c1-18-12-13-20-16-23(18)25(17-19(20)2)15-5-3-4-14-24-21-8-6-9-22(24)11-7-10-21/h18-23H,3-17H2,1-2H3/p+1/t18?,19?,20?,21?,22?,23-,25?/m0/s1. The van der Waals surface area contributed by atoms with Crippen molar-refractivity contribution in [2.45, 2.75) is 115 Å². The lowest BCUT2D eigenvalue weighted by Crippen LogP contribution is -2.37. The number of rotatable bonds is 6. The van der Waals surface area contributed by atoms with Gasteiger partial charge in [0.1, 0.15) is 6.71 Å². The minimum atomic E-state index is -0.0353. The van der Waals surface area contributed by atoms with E-state index in [4.69, 9.17) is 0 Å². The number of unbranched alkanes of at least 4 members (excludes halogenated alkanes) is 2. The maximum atomic E-state index is 2.59. The molecule has 2 heteroatoms. The third-order valence-corrected chi connectivity index (χ3v) is 13.2. The van der Waals surface area contributed by atoms with Crippen LogP contribution in [0.4, 0.5) is 0 Å². The van der Waals surface area contributed by atoms with E-state index in [9.17, 15) is 0 Å². The Morgan fingerprint density at radius 2 is 1.52 bits per heavy atom. The summed E-state index contributed by atoms with van der Waals surface area (Å²) in [6.07, 6.45) is 23.8. The Morgan fingerprint density at radius 3 is 2.24 bits per heavy atom. The van der Waals surface area contributed by atoms with E-state index in [-0.39, 0.29) is 7.92 Å². The Bertz CT molecular complexity index is 402. The van der Waals surface area contributed by atoms with Gasteiger partial charge in [0, 0.05) is 7.92 Å². The van der Waals surface area contributed by atoms with Gasteiger partial charge in [-0.2, -0.15) is 0 Å². The summed E-state index contributed by atoms with van der Waals surface area (Å²) < 4.78 is 0. The Labute approximate surface area is 159 Å². The molecule has 4 aliphatic rings. The number of fused-ring (bicyclic) bond motifs is 4. The fourth-order valence-electron chi connectivity index (χ4n) is 7.65. The molecule has 0 aromatic carbocycles. The lowest BCUT2D eigenvalue weighted by Gasteiger charge is -2.43. The first-order valence-electron chi connectivity index (χ1n) is 12.1. The monoisotopic (exact) mass is 361 g/mol. The third-order valence-electron chi connectivity index (χ3n) is 9.20. The van der Waals surface area contributed by atoms with Crippen LogP contribution < -0.4 is 0 Å². The van der Waals surface area contributed by atoms with E-state index in [1.165, 1.54) is 5.66 Å². The lowest BCUT2D eigenvalue weighted by molar-refractivity contribution is 0.226. The molecule has 4 rings (SSSR count). The number of hydrogen-bond acceptors (Lipinski definition) is 0. The SMILES string of the molecule is CC1C[PH+](CCCCCB2C3CCCC2CCC3)[C@H]2CC1CCC2C. The maximum absolute atomic E-state index is 2.59. The molecule has 4 bridgehead atoms. The van der Waals surface area contributed by atoms with E-state index in [1.54, 1.807) is 95.7 Å². The minimum absolute atomic E-state index is 0.0353. The van der Waals surface area contributed by atoms with Crippen molar-refractivity contribution in [3.63, 3.8) is 0 Å². The average molecular weight is 361 g/mol. The van der Waals surface area contributed by atoms with Crippen LogP contribution in [0.25, 0.3) is 0 Å². The molecule has 0 N–H and O–H groups in total. The molecule has 1 aliphatic carbocycles. The normalized spacial score (nSPS) is 43.9. The zero-order valence-corrected chi connectivity index (χ0v) is 18.1. The molecular formula is C23H43BP+. The molecule has 1 saturated carbocycles. The first kappa shape index (κ1) is 18.8. The zero-order chi connectivity index (χ0) is 17.2. The molecule has 0 amide bonds. The van der Waals surface area contributed by atoms with Gasteiger partial charge >= 0.3 is 0 Å². The van der Waals surface area contributed by atoms with Crippen LogP contribution in [0.1, 0.15) is 90.9 Å². The van der Waals surface area contributed by atoms with Gasteiger partial charge in [-0.05, 0) is 43.4 Å². The van der Waals surface area contributed by atoms with Crippen LogP contribution in [0, 0.1) is 17.8 Å². The highest BCUT2D eigenvalue weighted by molar-refractivity contribution is 7.58. The fraction of sp³-hybridized carbons (Fsp3) is 1.00. The molecule has 142 valence electrons. The van der Waals surface area contributed by atoms with Crippen molar-refractivity contribution in [3.05, 3.63) is 0 Å². The van der Waals surface area contributed by atoms with Crippen LogP contribution in [-0.2, 0) is 0 Å². The first-order valence-corrected chi connectivity index (χ1v) is 14.1. The van der Waals surface area contributed by atoms with E-state index in [0.29, 0.717) is 0 Å². The van der Waals surface area contributed by atoms with Crippen molar-refractivity contribution in [1.82, 2.24) is 0 Å². The van der Waals surface area contributed by atoms with Gasteiger partial charge in [0.25, 0.3) is 0 Å². The predicted molar refractivity (Wildman–Crippen MR) is 117 cm³/mol. The van der Waals surface area contributed by atoms with E-state index < -0.39 is 0 Å². The molecule has 25 heavy (non-hydrogen) atoms. The second-order valence-corrected chi connectivity index (χ2v) is 13.6. The topological polar surface area (TPSA) is 0 Å². The fourth-order valence-corrected chi connectivity index (χ4v) is 12.0. The smallest absolute Gasteiger partial charge is 0.0737 e. The highest BCUT2D eigenvalue weighted by atomic mass is 31.1. The third kappa shape index (κ3) is 4.33.